The highest BCUT2D eigenvalue weighted by Gasteiger charge is 2.43. The van der Waals surface area contributed by atoms with E-state index in [9.17, 15) is 0 Å². The van der Waals surface area contributed by atoms with Crippen molar-refractivity contribution in [2.75, 3.05) is 0 Å². The van der Waals surface area contributed by atoms with Crippen LogP contribution < -0.4 is 28.3 Å². The first-order chi connectivity index (χ1) is 12.5. The summed E-state index contributed by atoms with van der Waals surface area (Å²) < 4.78 is 0. The minimum atomic E-state index is -1.80. The molecule has 0 radical (unpaired) electrons. The first-order valence-corrected chi connectivity index (χ1v) is 14.8. The van der Waals surface area contributed by atoms with E-state index in [1.165, 1.54) is 22.0 Å². The second kappa shape index (κ2) is 9.51. The van der Waals surface area contributed by atoms with Gasteiger partial charge in [-0.05, 0) is 42.4 Å². The Kier molecular flexibility index (Phi) is 7.62. The molecule has 0 aromatic heterocycles. The van der Waals surface area contributed by atoms with E-state index in [0.717, 1.165) is 0 Å². The van der Waals surface area contributed by atoms with Crippen molar-refractivity contribution in [3.05, 3.63) is 103 Å². The fourth-order valence-electron chi connectivity index (χ4n) is 3.26. The maximum absolute atomic E-state index is 2.55. The normalized spacial score (nSPS) is 12.0. The third-order valence-electron chi connectivity index (χ3n) is 4.55. The van der Waals surface area contributed by atoms with Gasteiger partial charge in [-0.15, -0.1) is 0 Å². The van der Waals surface area contributed by atoms with Gasteiger partial charge in [0.15, 0.2) is 0 Å². The summed E-state index contributed by atoms with van der Waals surface area (Å²) >= 11 is 0. The number of allylic oxidation sites excluding steroid dienone is 1. The molecule has 3 aromatic carbocycles. The highest BCUT2D eigenvalue weighted by Crippen LogP contribution is 2.57. The molecule has 0 saturated carbocycles. The van der Waals surface area contributed by atoms with Crippen LogP contribution in [0.4, 0.5) is 0 Å². The van der Waals surface area contributed by atoms with E-state index >= 15 is 0 Å². The van der Waals surface area contributed by atoms with Crippen LogP contribution in [0.2, 0.25) is 25.7 Å². The molecule has 140 valence electrons. The van der Waals surface area contributed by atoms with Gasteiger partial charge < -0.3 is 12.4 Å². The van der Waals surface area contributed by atoms with Crippen molar-refractivity contribution in [2.24, 2.45) is 0 Å². The van der Waals surface area contributed by atoms with Crippen LogP contribution in [0.25, 0.3) is 0 Å². The number of rotatable bonds is 6. The number of hydrogen-bond acceptors (Lipinski definition) is 0. The molecule has 0 fully saturated rings. The smallest absolute Gasteiger partial charge is 0.136 e. The number of hydrogen-bond donors (Lipinski definition) is 0. The average Bonchev–Trinajstić information content (AvgIpc) is 2.67. The molecule has 3 aromatic rings. The van der Waals surface area contributed by atoms with Gasteiger partial charge in [0.1, 0.15) is 23.2 Å². The van der Waals surface area contributed by atoms with Gasteiger partial charge in [0, 0.05) is 8.07 Å². The molecule has 0 nitrogen and oxygen atoms in total. The predicted molar refractivity (Wildman–Crippen MR) is 122 cm³/mol. The van der Waals surface area contributed by atoms with Gasteiger partial charge in [0.2, 0.25) is 0 Å². The molecular formula is C24H28ClPSi. The Morgan fingerprint density at radius 2 is 0.963 bits per heavy atom. The van der Waals surface area contributed by atoms with Crippen LogP contribution >= 0.6 is 7.26 Å². The fourth-order valence-corrected chi connectivity index (χ4v) is 8.04. The summed E-state index contributed by atoms with van der Waals surface area (Å²) in [5, 5.41) is 4.26. The largest absolute Gasteiger partial charge is 1.00 e. The van der Waals surface area contributed by atoms with Crippen LogP contribution in [0.1, 0.15) is 0 Å². The van der Waals surface area contributed by atoms with Gasteiger partial charge in [-0.1, -0.05) is 80.3 Å². The fraction of sp³-hybridized carbons (Fsp3) is 0.167. The summed E-state index contributed by atoms with van der Waals surface area (Å²) in [7, 11) is -2.93. The predicted octanol–water partition coefficient (Wildman–Crippen LogP) is 2.84. The summed E-state index contributed by atoms with van der Waals surface area (Å²) in [5.41, 5.74) is 0. The monoisotopic (exact) mass is 410 g/mol. The Labute approximate surface area is 172 Å². The van der Waals surface area contributed by atoms with Crippen LogP contribution in [0.5, 0.6) is 0 Å². The zero-order chi connectivity index (χ0) is 18.5. The number of benzene rings is 3. The first kappa shape index (κ1) is 21.6. The molecule has 0 saturated heterocycles. The third-order valence-corrected chi connectivity index (χ3v) is 10.0. The molecule has 0 heterocycles. The van der Waals surface area contributed by atoms with E-state index < -0.39 is 15.3 Å². The Balaban J connectivity index is 0.00000261. The molecule has 0 N–H and O–H groups in total. The van der Waals surface area contributed by atoms with Gasteiger partial charge in [-0.2, -0.15) is 0 Å². The lowest BCUT2D eigenvalue weighted by Crippen LogP contribution is -3.00. The summed E-state index contributed by atoms with van der Waals surface area (Å²) in [6, 6.07) is 34.3. The molecule has 0 aliphatic carbocycles. The molecule has 0 aliphatic heterocycles. The van der Waals surface area contributed by atoms with E-state index in [2.05, 4.69) is 123 Å². The molecule has 27 heavy (non-hydrogen) atoms. The molecule has 0 atom stereocenters. The zero-order valence-electron chi connectivity index (χ0n) is 16.3. The maximum atomic E-state index is 2.55. The van der Waals surface area contributed by atoms with Crippen molar-refractivity contribution >= 4 is 31.2 Å². The van der Waals surface area contributed by atoms with Crippen LogP contribution in [0, 0.1) is 0 Å². The third kappa shape index (κ3) is 5.20. The van der Waals surface area contributed by atoms with Crippen LogP contribution in [-0.2, 0) is 0 Å². The highest BCUT2D eigenvalue weighted by atomic mass is 35.5. The highest BCUT2D eigenvalue weighted by molar-refractivity contribution is 7.98. The van der Waals surface area contributed by atoms with Crippen LogP contribution in [0.3, 0.4) is 0 Å². The van der Waals surface area contributed by atoms with Gasteiger partial charge in [-0.25, -0.2) is 0 Å². The molecule has 3 heteroatoms. The molecule has 0 aliphatic rings. The van der Waals surface area contributed by atoms with Gasteiger partial charge in [0.25, 0.3) is 0 Å². The Morgan fingerprint density at radius 1 is 0.630 bits per heavy atom. The SMILES string of the molecule is C[Si](C)(C)C/C=C/[P+](c1ccccc1)(c1ccccc1)c1ccccc1.[Cl-]. The summed E-state index contributed by atoms with van der Waals surface area (Å²) in [6.45, 7) is 7.31. The Bertz CT molecular complexity index is 743. The van der Waals surface area contributed by atoms with Crippen molar-refractivity contribution in [3.63, 3.8) is 0 Å². The lowest BCUT2D eigenvalue weighted by Gasteiger charge is -2.24. The molecule has 0 bridgehead atoms. The van der Waals surface area contributed by atoms with E-state index in [0.29, 0.717) is 0 Å². The molecule has 3 rings (SSSR count). The summed E-state index contributed by atoms with van der Waals surface area (Å²) in [6.07, 6.45) is 2.47. The van der Waals surface area contributed by atoms with Crippen molar-refractivity contribution in [2.45, 2.75) is 25.7 Å². The molecule has 0 amide bonds. The lowest BCUT2D eigenvalue weighted by atomic mass is 10.4. The average molecular weight is 411 g/mol. The van der Waals surface area contributed by atoms with Gasteiger partial charge in [0.05, 0.1) is 5.82 Å². The standard InChI is InChI=1S/C24H28PSi.ClH/c1-26(2,3)21-13-20-25(22-14-7-4-8-15-22,23-16-9-5-10-17-23)24-18-11-6-12-19-24;/h4-20H,21H2,1-3H3;1H/q+1;/p-1/b20-13+;. The van der Waals surface area contributed by atoms with E-state index in [1.807, 2.05) is 0 Å². The summed E-state index contributed by atoms with van der Waals surface area (Å²) in [5.74, 6) is 2.55. The van der Waals surface area contributed by atoms with E-state index in [1.54, 1.807) is 0 Å². The van der Waals surface area contributed by atoms with Crippen LogP contribution in [-0.4, -0.2) is 8.07 Å². The van der Waals surface area contributed by atoms with Gasteiger partial charge in [-0.3, -0.25) is 0 Å². The summed E-state index contributed by atoms with van der Waals surface area (Å²) in [4.78, 5) is 0. The number of halogens is 1. The lowest BCUT2D eigenvalue weighted by molar-refractivity contribution is -0.00000540. The van der Waals surface area contributed by atoms with Crippen molar-refractivity contribution < 1.29 is 12.4 Å². The second-order valence-corrected chi connectivity index (χ2v) is 16.7. The van der Waals surface area contributed by atoms with Crippen LogP contribution in [0.15, 0.2) is 103 Å². The topological polar surface area (TPSA) is 0 Å². The second-order valence-electron chi connectivity index (χ2n) is 7.88. The van der Waals surface area contributed by atoms with Gasteiger partial charge >= 0.3 is 0 Å². The molecular weight excluding hydrogens is 383 g/mol. The van der Waals surface area contributed by atoms with Crippen molar-refractivity contribution in [1.29, 1.82) is 0 Å². The van der Waals surface area contributed by atoms with Crippen molar-refractivity contribution in [3.8, 4) is 0 Å². The first-order valence-electron chi connectivity index (χ1n) is 9.26. The molecule has 0 spiro atoms. The quantitative estimate of drug-likeness (QED) is 0.433. The minimum Gasteiger partial charge on any atom is -1.00 e. The zero-order valence-corrected chi connectivity index (χ0v) is 19.0. The van der Waals surface area contributed by atoms with E-state index in [-0.39, 0.29) is 12.4 Å². The minimum absolute atomic E-state index is 0. The maximum Gasteiger partial charge on any atom is 0.136 e. The Hall–Kier alpha value is -1.66. The molecule has 0 unspecified atom stereocenters. The van der Waals surface area contributed by atoms with E-state index in [4.69, 9.17) is 0 Å². The Morgan fingerprint density at radius 3 is 1.26 bits per heavy atom. The van der Waals surface area contributed by atoms with Crippen molar-refractivity contribution in [1.82, 2.24) is 0 Å².